The number of pyridine rings is 1. The number of hydrogen-bond donors (Lipinski definition) is 2. The number of benzene rings is 1. The molecular weight excluding hydrogens is 450 g/mol. The molecule has 2 aromatic heterocycles. The third-order valence-electron chi connectivity index (χ3n) is 7.89. The average molecular weight is 479 g/mol. The lowest BCUT2D eigenvalue weighted by molar-refractivity contribution is -0.117. The first-order valence-electron chi connectivity index (χ1n) is 11.9. The highest BCUT2D eigenvalue weighted by atomic mass is 19.1. The van der Waals surface area contributed by atoms with Crippen molar-refractivity contribution >= 4 is 12.0 Å². The second kappa shape index (κ2) is 8.68. The van der Waals surface area contributed by atoms with Gasteiger partial charge in [-0.05, 0) is 80.5 Å². The molecule has 8 heteroatoms. The zero-order valence-electron chi connectivity index (χ0n) is 19.6. The number of amides is 1. The number of aliphatic hydroxyl groups is 1. The Kier molecular flexibility index (Phi) is 5.79. The first-order valence-corrected chi connectivity index (χ1v) is 11.9. The largest absolute Gasteiger partial charge is 0.389 e. The summed E-state index contributed by atoms with van der Waals surface area (Å²) in [5.41, 5.74) is 8.43. The van der Waals surface area contributed by atoms with Crippen LogP contribution >= 0.6 is 0 Å². The van der Waals surface area contributed by atoms with Crippen molar-refractivity contribution in [2.75, 3.05) is 0 Å². The van der Waals surface area contributed by atoms with Gasteiger partial charge in [-0.2, -0.15) is 5.10 Å². The Morgan fingerprint density at radius 2 is 2.00 bits per heavy atom. The molecule has 6 nitrogen and oxygen atoms in total. The Labute approximate surface area is 202 Å². The molecule has 3 aromatic rings. The fraction of sp³-hybridized carbons (Fsp3) is 0.370. The summed E-state index contributed by atoms with van der Waals surface area (Å²) in [4.78, 5) is 15.8. The van der Waals surface area contributed by atoms with Crippen molar-refractivity contribution in [3.05, 3.63) is 82.4 Å². The molecule has 0 spiro atoms. The molecule has 35 heavy (non-hydrogen) atoms. The summed E-state index contributed by atoms with van der Waals surface area (Å²) >= 11 is 0. The van der Waals surface area contributed by atoms with Crippen molar-refractivity contribution in [2.24, 2.45) is 11.1 Å². The van der Waals surface area contributed by atoms with Crippen LogP contribution in [0.4, 0.5) is 8.78 Å². The van der Waals surface area contributed by atoms with E-state index in [4.69, 9.17) is 5.73 Å². The number of hydrogen-bond acceptors (Lipinski definition) is 4. The summed E-state index contributed by atoms with van der Waals surface area (Å²) in [5, 5.41) is 16.6. The second-order valence-corrected chi connectivity index (χ2v) is 9.62. The number of halogens is 2. The van der Waals surface area contributed by atoms with Gasteiger partial charge in [0.1, 0.15) is 11.6 Å². The summed E-state index contributed by atoms with van der Waals surface area (Å²) < 4.78 is 29.6. The van der Waals surface area contributed by atoms with Gasteiger partial charge in [0, 0.05) is 22.9 Å². The van der Waals surface area contributed by atoms with E-state index in [1.54, 1.807) is 12.1 Å². The van der Waals surface area contributed by atoms with Crippen molar-refractivity contribution in [3.63, 3.8) is 0 Å². The predicted octanol–water partition coefficient (Wildman–Crippen LogP) is 4.07. The number of carbonyl (C=O) groups excluding carboxylic acids is 1. The van der Waals surface area contributed by atoms with E-state index >= 15 is 0 Å². The molecule has 0 aliphatic heterocycles. The van der Waals surface area contributed by atoms with E-state index in [0.717, 1.165) is 29.8 Å². The maximum Gasteiger partial charge on any atom is 0.222 e. The first-order chi connectivity index (χ1) is 16.8. The standard InChI is InChI=1S/C27H28F2N4O2/c1-2-26-15-17-16-32-33(20-5-3-19(28)4-6-20)24(17)13-18(26)7-10-27(26,35)11-8-23-21(14-25(30)34)22(29)9-12-31-23/h3-6,9,12-13,16,35H,2,7-8,10-11,14-15H2,1H3,(H2,30,34)/t26-,27+/m0/s1. The van der Waals surface area contributed by atoms with Crippen molar-refractivity contribution < 1.29 is 18.7 Å². The fourth-order valence-electron chi connectivity index (χ4n) is 6.02. The maximum absolute atomic E-state index is 14.4. The molecule has 2 heterocycles. The Bertz CT molecular complexity index is 1320. The molecule has 2 aliphatic rings. The minimum atomic E-state index is -1.01. The number of primary amides is 1. The molecule has 3 N–H and O–H groups in total. The highest BCUT2D eigenvalue weighted by Gasteiger charge is 2.56. The van der Waals surface area contributed by atoms with Crippen molar-refractivity contribution in [3.8, 4) is 5.69 Å². The normalized spacial score (nSPS) is 23.0. The summed E-state index contributed by atoms with van der Waals surface area (Å²) in [6, 6.07) is 7.45. The van der Waals surface area contributed by atoms with Gasteiger partial charge in [-0.15, -0.1) is 0 Å². The van der Waals surface area contributed by atoms with Crippen LogP contribution < -0.4 is 5.73 Å². The van der Waals surface area contributed by atoms with E-state index in [-0.39, 0.29) is 17.8 Å². The average Bonchev–Trinajstić information content (AvgIpc) is 3.37. The highest BCUT2D eigenvalue weighted by molar-refractivity contribution is 5.76. The summed E-state index contributed by atoms with van der Waals surface area (Å²) in [7, 11) is 0. The molecular formula is C27H28F2N4O2. The Morgan fingerprint density at radius 1 is 1.23 bits per heavy atom. The van der Waals surface area contributed by atoms with Crippen LogP contribution in [0.1, 0.15) is 55.1 Å². The minimum absolute atomic E-state index is 0.203. The SMILES string of the molecule is CC[C@]12Cc3cnn(-c4ccc(F)cc4)c3C=C1CC[C@@]2(O)CCc1nccc(F)c1CC(N)=O. The third-order valence-corrected chi connectivity index (χ3v) is 7.89. The molecule has 182 valence electrons. The summed E-state index contributed by atoms with van der Waals surface area (Å²) in [6.45, 7) is 2.08. The van der Waals surface area contributed by atoms with Crippen LogP contribution in [-0.2, 0) is 24.1 Å². The van der Waals surface area contributed by atoms with Crippen molar-refractivity contribution in [2.45, 2.75) is 57.5 Å². The van der Waals surface area contributed by atoms with Crippen LogP contribution in [-0.4, -0.2) is 31.4 Å². The Hall–Kier alpha value is -3.39. The molecule has 0 saturated heterocycles. The quantitative estimate of drug-likeness (QED) is 0.535. The minimum Gasteiger partial charge on any atom is -0.389 e. The molecule has 2 aliphatic carbocycles. The lowest BCUT2D eigenvalue weighted by Crippen LogP contribution is -2.47. The molecule has 0 bridgehead atoms. The zero-order valence-corrected chi connectivity index (χ0v) is 19.6. The number of fused-ring (bicyclic) bond motifs is 2. The monoisotopic (exact) mass is 478 g/mol. The summed E-state index contributed by atoms with van der Waals surface area (Å²) in [5.74, 6) is -1.43. The van der Waals surface area contributed by atoms with Crippen LogP contribution in [0.3, 0.4) is 0 Å². The molecule has 1 amide bonds. The van der Waals surface area contributed by atoms with Gasteiger partial charge < -0.3 is 10.8 Å². The lowest BCUT2D eigenvalue weighted by atomic mass is 9.63. The first kappa shape index (κ1) is 23.4. The van der Waals surface area contributed by atoms with E-state index in [1.165, 1.54) is 30.0 Å². The fourth-order valence-corrected chi connectivity index (χ4v) is 6.02. The van der Waals surface area contributed by atoms with Crippen molar-refractivity contribution in [1.29, 1.82) is 0 Å². The zero-order chi connectivity index (χ0) is 24.8. The van der Waals surface area contributed by atoms with E-state index in [1.807, 2.05) is 10.9 Å². The number of aryl methyl sites for hydroxylation is 1. The molecule has 0 radical (unpaired) electrons. The van der Waals surface area contributed by atoms with E-state index in [9.17, 15) is 18.7 Å². The van der Waals surface area contributed by atoms with E-state index < -0.39 is 22.7 Å². The lowest BCUT2D eigenvalue weighted by Gasteiger charge is -2.45. The van der Waals surface area contributed by atoms with Gasteiger partial charge in [0.25, 0.3) is 0 Å². The van der Waals surface area contributed by atoms with Crippen LogP contribution in [0.15, 0.2) is 48.3 Å². The second-order valence-electron chi connectivity index (χ2n) is 9.62. The van der Waals surface area contributed by atoms with Crippen LogP contribution in [0, 0.1) is 17.0 Å². The maximum atomic E-state index is 14.4. The molecule has 1 saturated carbocycles. The predicted molar refractivity (Wildman–Crippen MR) is 128 cm³/mol. The topological polar surface area (TPSA) is 94.0 Å². The smallest absolute Gasteiger partial charge is 0.222 e. The van der Waals surface area contributed by atoms with Gasteiger partial charge in [0.05, 0.1) is 29.6 Å². The number of nitrogens with two attached hydrogens (primary N) is 1. The van der Waals surface area contributed by atoms with Gasteiger partial charge in [0.2, 0.25) is 5.91 Å². The number of carbonyl (C=O) groups is 1. The van der Waals surface area contributed by atoms with Gasteiger partial charge in [-0.3, -0.25) is 9.78 Å². The van der Waals surface area contributed by atoms with Gasteiger partial charge in [0.15, 0.2) is 0 Å². The molecule has 5 rings (SSSR count). The van der Waals surface area contributed by atoms with Crippen LogP contribution in [0.25, 0.3) is 11.8 Å². The third kappa shape index (κ3) is 3.86. The van der Waals surface area contributed by atoms with Crippen LogP contribution in [0.2, 0.25) is 0 Å². The Balaban J connectivity index is 1.45. The van der Waals surface area contributed by atoms with Crippen molar-refractivity contribution in [1.82, 2.24) is 14.8 Å². The summed E-state index contributed by atoms with van der Waals surface area (Å²) in [6.07, 6.45) is 8.53. The molecule has 1 aromatic carbocycles. The van der Waals surface area contributed by atoms with Gasteiger partial charge in [-0.25, -0.2) is 13.5 Å². The highest BCUT2D eigenvalue weighted by Crippen LogP contribution is 2.58. The number of nitrogens with zero attached hydrogens (tertiary/aromatic N) is 3. The van der Waals surface area contributed by atoms with Crippen LogP contribution in [0.5, 0.6) is 0 Å². The van der Waals surface area contributed by atoms with Gasteiger partial charge >= 0.3 is 0 Å². The van der Waals surface area contributed by atoms with Gasteiger partial charge in [-0.1, -0.05) is 12.5 Å². The number of rotatable bonds is 7. The number of aromatic nitrogens is 3. The van der Waals surface area contributed by atoms with E-state index in [2.05, 4.69) is 23.1 Å². The van der Waals surface area contributed by atoms with E-state index in [0.29, 0.717) is 31.4 Å². The molecule has 2 atom stereocenters. The molecule has 1 fully saturated rings. The Morgan fingerprint density at radius 3 is 2.71 bits per heavy atom. The molecule has 0 unspecified atom stereocenters.